The summed E-state index contributed by atoms with van der Waals surface area (Å²) in [6, 6.07) is 12.3. The van der Waals surface area contributed by atoms with Crippen LogP contribution in [0.1, 0.15) is 0 Å². The van der Waals surface area contributed by atoms with Crippen LogP contribution in [-0.2, 0) is 0 Å². The molecule has 0 saturated carbocycles. The summed E-state index contributed by atoms with van der Waals surface area (Å²) in [5, 5.41) is 7.52. The largest absolute Gasteiger partial charge is 0.269 e. The van der Waals surface area contributed by atoms with Gasteiger partial charge in [0.15, 0.2) is 5.82 Å². The number of H-pyrrole nitrogens is 1. The topological polar surface area (TPSA) is 50.2 Å². The minimum Gasteiger partial charge on any atom is -0.269 e. The summed E-state index contributed by atoms with van der Waals surface area (Å²) in [5.41, 5.74) is 1.24. The number of benzene rings is 1. The van der Waals surface area contributed by atoms with Gasteiger partial charge in [-0.05, 0) is 18.2 Å². The SMILES string of the molecule is O=c1cccc2[nH]nc(-c3ccccc3Cl)n12. The monoisotopic (exact) mass is 245 g/mol. The molecule has 0 unspecified atom stereocenters. The summed E-state index contributed by atoms with van der Waals surface area (Å²) < 4.78 is 1.50. The first-order valence-electron chi connectivity index (χ1n) is 5.08. The highest BCUT2D eigenvalue weighted by Crippen LogP contribution is 2.25. The number of hydrogen-bond acceptors (Lipinski definition) is 2. The van der Waals surface area contributed by atoms with Crippen molar-refractivity contribution in [3.8, 4) is 11.4 Å². The first-order chi connectivity index (χ1) is 8.27. The summed E-state index contributed by atoms with van der Waals surface area (Å²) in [5.74, 6) is 0.524. The Bertz CT molecular complexity index is 745. The van der Waals surface area contributed by atoms with Gasteiger partial charge in [-0.3, -0.25) is 9.89 Å². The Morgan fingerprint density at radius 1 is 1.12 bits per heavy atom. The molecule has 2 aromatic heterocycles. The Morgan fingerprint density at radius 3 is 2.76 bits per heavy atom. The number of aromatic nitrogens is 3. The molecule has 3 aromatic rings. The Hall–Kier alpha value is -2.07. The molecule has 0 bridgehead atoms. The van der Waals surface area contributed by atoms with Crippen LogP contribution in [0.2, 0.25) is 5.02 Å². The third-order valence-electron chi connectivity index (χ3n) is 2.56. The van der Waals surface area contributed by atoms with E-state index < -0.39 is 0 Å². The van der Waals surface area contributed by atoms with E-state index in [2.05, 4.69) is 10.2 Å². The molecule has 0 fully saturated rings. The summed E-state index contributed by atoms with van der Waals surface area (Å²) in [6.07, 6.45) is 0. The van der Waals surface area contributed by atoms with Crippen molar-refractivity contribution in [1.29, 1.82) is 0 Å². The van der Waals surface area contributed by atoms with Gasteiger partial charge in [0.1, 0.15) is 5.65 Å². The molecule has 0 aliphatic carbocycles. The van der Waals surface area contributed by atoms with Crippen molar-refractivity contribution in [1.82, 2.24) is 14.6 Å². The lowest BCUT2D eigenvalue weighted by molar-refractivity contribution is 1.09. The second kappa shape index (κ2) is 3.75. The number of nitrogens with one attached hydrogen (secondary N) is 1. The minimum atomic E-state index is -0.133. The van der Waals surface area contributed by atoms with Gasteiger partial charge in [0, 0.05) is 11.6 Å². The second-order valence-electron chi connectivity index (χ2n) is 3.61. The van der Waals surface area contributed by atoms with Crippen LogP contribution in [-0.4, -0.2) is 14.6 Å². The molecule has 1 aromatic carbocycles. The van der Waals surface area contributed by atoms with Crippen LogP contribution in [0.3, 0.4) is 0 Å². The van der Waals surface area contributed by atoms with Gasteiger partial charge in [-0.15, -0.1) is 0 Å². The maximum atomic E-state index is 11.8. The van der Waals surface area contributed by atoms with E-state index in [0.717, 1.165) is 5.56 Å². The predicted molar refractivity (Wildman–Crippen MR) is 66.3 cm³/mol. The third-order valence-corrected chi connectivity index (χ3v) is 2.89. The van der Waals surface area contributed by atoms with Crippen molar-refractivity contribution in [3.63, 3.8) is 0 Å². The van der Waals surface area contributed by atoms with Gasteiger partial charge in [0.25, 0.3) is 5.56 Å². The fraction of sp³-hybridized carbons (Fsp3) is 0. The highest BCUT2D eigenvalue weighted by Gasteiger charge is 2.11. The number of rotatable bonds is 1. The average molecular weight is 246 g/mol. The molecule has 3 rings (SSSR count). The Morgan fingerprint density at radius 2 is 1.94 bits per heavy atom. The molecular weight excluding hydrogens is 238 g/mol. The first-order valence-corrected chi connectivity index (χ1v) is 5.46. The Labute approximate surface area is 101 Å². The number of nitrogens with zero attached hydrogens (tertiary/aromatic N) is 2. The molecule has 0 aliphatic rings. The fourth-order valence-corrected chi connectivity index (χ4v) is 2.00. The summed E-state index contributed by atoms with van der Waals surface area (Å²) in [4.78, 5) is 11.8. The Kier molecular flexibility index (Phi) is 2.23. The van der Waals surface area contributed by atoms with Gasteiger partial charge in [-0.2, -0.15) is 5.10 Å². The van der Waals surface area contributed by atoms with Crippen molar-refractivity contribution in [3.05, 3.63) is 57.8 Å². The fourth-order valence-electron chi connectivity index (χ4n) is 1.78. The number of pyridine rings is 1. The normalized spacial score (nSPS) is 10.9. The van der Waals surface area contributed by atoms with Crippen molar-refractivity contribution >= 4 is 17.2 Å². The van der Waals surface area contributed by atoms with Gasteiger partial charge in [-0.25, -0.2) is 4.40 Å². The van der Waals surface area contributed by atoms with Crippen LogP contribution < -0.4 is 5.56 Å². The molecule has 1 N–H and O–H groups in total. The van der Waals surface area contributed by atoms with Crippen molar-refractivity contribution in [2.75, 3.05) is 0 Å². The summed E-state index contributed by atoms with van der Waals surface area (Å²) in [6.45, 7) is 0. The smallest absolute Gasteiger partial charge is 0.257 e. The minimum absolute atomic E-state index is 0.133. The van der Waals surface area contributed by atoms with E-state index >= 15 is 0 Å². The molecule has 0 aliphatic heterocycles. The number of fused-ring (bicyclic) bond motifs is 1. The van der Waals surface area contributed by atoms with Crippen molar-refractivity contribution in [2.24, 2.45) is 0 Å². The van der Waals surface area contributed by atoms with Crippen LogP contribution in [0.5, 0.6) is 0 Å². The molecule has 0 amide bonds. The molecule has 0 radical (unpaired) electrons. The summed E-state index contributed by atoms with van der Waals surface area (Å²) in [7, 11) is 0. The van der Waals surface area contributed by atoms with E-state index in [1.54, 1.807) is 18.2 Å². The number of aromatic amines is 1. The average Bonchev–Trinajstić information content (AvgIpc) is 2.75. The zero-order valence-corrected chi connectivity index (χ0v) is 9.48. The second-order valence-corrected chi connectivity index (χ2v) is 4.02. The molecule has 0 saturated heterocycles. The lowest BCUT2D eigenvalue weighted by atomic mass is 10.2. The summed E-state index contributed by atoms with van der Waals surface area (Å²) >= 11 is 6.10. The highest BCUT2D eigenvalue weighted by molar-refractivity contribution is 6.33. The maximum Gasteiger partial charge on any atom is 0.257 e. The van der Waals surface area contributed by atoms with Gasteiger partial charge in [0.05, 0.1) is 5.02 Å². The zero-order chi connectivity index (χ0) is 11.8. The van der Waals surface area contributed by atoms with E-state index in [1.807, 2.05) is 18.2 Å². The molecule has 4 nitrogen and oxygen atoms in total. The predicted octanol–water partition coefficient (Wildman–Crippen LogP) is 2.34. The molecule has 2 heterocycles. The van der Waals surface area contributed by atoms with Crippen LogP contribution in [0.15, 0.2) is 47.3 Å². The van der Waals surface area contributed by atoms with E-state index in [1.165, 1.54) is 10.5 Å². The molecule has 84 valence electrons. The highest BCUT2D eigenvalue weighted by atomic mass is 35.5. The van der Waals surface area contributed by atoms with Crippen LogP contribution in [0.4, 0.5) is 0 Å². The van der Waals surface area contributed by atoms with Crippen LogP contribution in [0, 0.1) is 0 Å². The van der Waals surface area contributed by atoms with E-state index in [-0.39, 0.29) is 5.56 Å². The van der Waals surface area contributed by atoms with Crippen LogP contribution in [0.25, 0.3) is 17.0 Å². The van der Waals surface area contributed by atoms with Gasteiger partial charge in [0.2, 0.25) is 0 Å². The standard InChI is InChI=1S/C12H8ClN3O/c13-9-5-2-1-4-8(9)12-15-14-10-6-3-7-11(17)16(10)12/h1-7,14H. The molecule has 17 heavy (non-hydrogen) atoms. The zero-order valence-electron chi connectivity index (χ0n) is 8.72. The molecule has 0 atom stereocenters. The van der Waals surface area contributed by atoms with Crippen molar-refractivity contribution < 1.29 is 0 Å². The van der Waals surface area contributed by atoms with Crippen LogP contribution >= 0.6 is 11.6 Å². The number of hydrogen-bond donors (Lipinski definition) is 1. The molecule has 0 spiro atoms. The quantitative estimate of drug-likeness (QED) is 0.715. The van der Waals surface area contributed by atoms with Crippen molar-refractivity contribution in [2.45, 2.75) is 0 Å². The Balaban J connectivity index is 2.40. The van der Waals surface area contributed by atoms with Gasteiger partial charge in [-0.1, -0.05) is 29.8 Å². The van der Waals surface area contributed by atoms with E-state index in [0.29, 0.717) is 16.5 Å². The van der Waals surface area contributed by atoms with E-state index in [9.17, 15) is 4.79 Å². The molecule has 5 heteroatoms. The first kappa shape index (κ1) is 10.1. The van der Waals surface area contributed by atoms with E-state index in [4.69, 9.17) is 11.6 Å². The lowest BCUT2D eigenvalue weighted by Crippen LogP contribution is -2.11. The maximum absolute atomic E-state index is 11.8. The van der Waals surface area contributed by atoms with Gasteiger partial charge < -0.3 is 0 Å². The number of halogens is 1. The third kappa shape index (κ3) is 1.54. The van der Waals surface area contributed by atoms with Gasteiger partial charge >= 0.3 is 0 Å². The molecular formula is C12H8ClN3O. The lowest BCUT2D eigenvalue weighted by Gasteiger charge is -2.01.